The number of hydrogen-bond acceptors (Lipinski definition) is 4. The van der Waals surface area contributed by atoms with E-state index in [0.29, 0.717) is 16.7 Å². The van der Waals surface area contributed by atoms with Crippen LogP contribution < -0.4 is 16.2 Å². The SMILES string of the molecule is COC(CNC(=S)NC(c1ccc(Cl)cc1)c1ccc2[nH]c(=O)cc(-c3ccccc3)c2c1)OC. The molecule has 1 unspecified atom stereocenters. The van der Waals surface area contributed by atoms with Crippen molar-refractivity contribution in [2.24, 2.45) is 0 Å². The van der Waals surface area contributed by atoms with Crippen LogP contribution in [0.5, 0.6) is 0 Å². The summed E-state index contributed by atoms with van der Waals surface area (Å²) in [5.74, 6) is 0. The molecule has 3 aromatic carbocycles. The van der Waals surface area contributed by atoms with Crippen molar-refractivity contribution in [3.63, 3.8) is 0 Å². The molecule has 0 aliphatic heterocycles. The molecule has 180 valence electrons. The van der Waals surface area contributed by atoms with Crippen LogP contribution in [0, 0.1) is 0 Å². The van der Waals surface area contributed by atoms with Crippen molar-refractivity contribution in [3.8, 4) is 11.1 Å². The quantitative estimate of drug-likeness (QED) is 0.230. The third kappa shape index (κ3) is 6.07. The van der Waals surface area contributed by atoms with Gasteiger partial charge in [0.15, 0.2) is 11.4 Å². The molecule has 0 radical (unpaired) electrons. The summed E-state index contributed by atoms with van der Waals surface area (Å²) in [4.78, 5) is 15.3. The molecule has 0 fully saturated rings. The lowest BCUT2D eigenvalue weighted by molar-refractivity contribution is -0.0965. The lowest BCUT2D eigenvalue weighted by Crippen LogP contribution is -2.42. The van der Waals surface area contributed by atoms with E-state index in [9.17, 15) is 4.79 Å². The summed E-state index contributed by atoms with van der Waals surface area (Å²) in [6.45, 7) is 0.392. The number of H-pyrrole nitrogens is 1. The largest absolute Gasteiger partial charge is 0.358 e. The van der Waals surface area contributed by atoms with Gasteiger partial charge in [-0.3, -0.25) is 4.79 Å². The van der Waals surface area contributed by atoms with Crippen LogP contribution in [-0.4, -0.2) is 37.2 Å². The lowest BCUT2D eigenvalue weighted by atomic mass is 9.94. The molecule has 8 heteroatoms. The van der Waals surface area contributed by atoms with Gasteiger partial charge in [-0.2, -0.15) is 0 Å². The Kier molecular flexibility index (Phi) is 8.15. The molecule has 0 aliphatic rings. The van der Waals surface area contributed by atoms with Gasteiger partial charge in [0, 0.05) is 36.2 Å². The van der Waals surface area contributed by atoms with Crippen LogP contribution >= 0.6 is 23.8 Å². The minimum atomic E-state index is -0.422. The summed E-state index contributed by atoms with van der Waals surface area (Å²) in [6.07, 6.45) is -0.422. The number of thiocarbonyl (C=S) groups is 1. The average molecular weight is 508 g/mol. The molecular formula is C27H26ClN3O3S. The van der Waals surface area contributed by atoms with Crippen LogP contribution in [0.25, 0.3) is 22.0 Å². The zero-order valence-corrected chi connectivity index (χ0v) is 21.0. The Hall–Kier alpha value is -3.23. The molecule has 0 spiro atoms. The Morgan fingerprint density at radius 1 is 0.971 bits per heavy atom. The van der Waals surface area contributed by atoms with Crippen LogP contribution in [0.4, 0.5) is 0 Å². The number of ether oxygens (including phenoxy) is 2. The first-order valence-corrected chi connectivity index (χ1v) is 11.8. The highest BCUT2D eigenvalue weighted by Gasteiger charge is 2.18. The van der Waals surface area contributed by atoms with Gasteiger partial charge in [-0.1, -0.05) is 60.1 Å². The molecule has 0 bridgehead atoms. The van der Waals surface area contributed by atoms with Crippen LogP contribution in [0.3, 0.4) is 0 Å². The topological polar surface area (TPSA) is 75.4 Å². The molecule has 1 heterocycles. The fraction of sp³-hybridized carbons (Fsp3) is 0.185. The molecule has 4 aromatic rings. The second kappa shape index (κ2) is 11.5. The standard InChI is InChI=1S/C27H26ClN3O3S/c1-33-25(34-2)16-29-27(35)31-26(18-8-11-20(28)12-9-18)19-10-13-23-22(14-19)21(15-24(32)30-23)17-6-4-3-5-7-17/h3-15,25-26H,16H2,1-2H3,(H,30,32)(H2,29,31,35). The van der Waals surface area contributed by atoms with E-state index in [1.807, 2.05) is 66.7 Å². The predicted molar refractivity (Wildman–Crippen MR) is 145 cm³/mol. The fourth-order valence-electron chi connectivity index (χ4n) is 3.94. The lowest BCUT2D eigenvalue weighted by Gasteiger charge is -2.24. The van der Waals surface area contributed by atoms with Crippen LogP contribution in [0.15, 0.2) is 83.7 Å². The first-order valence-electron chi connectivity index (χ1n) is 11.1. The molecule has 3 N–H and O–H groups in total. The first kappa shape index (κ1) is 24.9. The number of aromatic nitrogens is 1. The minimum absolute atomic E-state index is 0.146. The normalized spacial score (nSPS) is 12.0. The van der Waals surface area contributed by atoms with E-state index in [4.69, 9.17) is 33.3 Å². The number of hydrogen-bond donors (Lipinski definition) is 3. The van der Waals surface area contributed by atoms with Gasteiger partial charge in [-0.15, -0.1) is 0 Å². The number of methoxy groups -OCH3 is 2. The zero-order valence-electron chi connectivity index (χ0n) is 19.4. The Labute approximate surface area is 214 Å². The number of pyridine rings is 1. The first-order chi connectivity index (χ1) is 17.0. The summed E-state index contributed by atoms with van der Waals surface area (Å²) in [7, 11) is 3.15. The smallest absolute Gasteiger partial charge is 0.249 e. The molecule has 1 aromatic heterocycles. The summed E-state index contributed by atoms with van der Waals surface area (Å²) in [5.41, 5.74) is 4.41. The summed E-state index contributed by atoms with van der Waals surface area (Å²) >= 11 is 11.7. The van der Waals surface area contributed by atoms with Crippen molar-refractivity contribution in [3.05, 3.63) is 105 Å². The molecular weight excluding hydrogens is 482 g/mol. The van der Waals surface area contributed by atoms with Crippen molar-refractivity contribution < 1.29 is 9.47 Å². The highest BCUT2D eigenvalue weighted by molar-refractivity contribution is 7.80. The maximum Gasteiger partial charge on any atom is 0.249 e. The van der Waals surface area contributed by atoms with Gasteiger partial charge in [0.05, 0.1) is 12.6 Å². The minimum Gasteiger partial charge on any atom is -0.358 e. The van der Waals surface area contributed by atoms with E-state index in [-0.39, 0.29) is 11.6 Å². The van der Waals surface area contributed by atoms with E-state index in [1.165, 1.54) is 0 Å². The maximum absolute atomic E-state index is 12.3. The van der Waals surface area contributed by atoms with Gasteiger partial charge in [0.1, 0.15) is 0 Å². The number of fused-ring (bicyclic) bond motifs is 1. The van der Waals surface area contributed by atoms with E-state index in [0.717, 1.165) is 33.2 Å². The monoisotopic (exact) mass is 507 g/mol. The second-order valence-electron chi connectivity index (χ2n) is 7.96. The van der Waals surface area contributed by atoms with E-state index < -0.39 is 6.29 Å². The van der Waals surface area contributed by atoms with Gasteiger partial charge in [-0.25, -0.2) is 0 Å². The number of halogens is 1. The van der Waals surface area contributed by atoms with Gasteiger partial charge < -0.3 is 25.1 Å². The Bertz CT molecular complexity index is 1360. The third-order valence-corrected chi connectivity index (χ3v) is 6.23. The maximum atomic E-state index is 12.3. The van der Waals surface area contributed by atoms with Crippen LogP contribution in [-0.2, 0) is 9.47 Å². The second-order valence-corrected chi connectivity index (χ2v) is 8.80. The highest BCUT2D eigenvalue weighted by Crippen LogP contribution is 2.31. The van der Waals surface area contributed by atoms with Crippen LogP contribution in [0.1, 0.15) is 17.2 Å². The Balaban J connectivity index is 1.75. The van der Waals surface area contributed by atoms with Crippen molar-refractivity contribution in [2.45, 2.75) is 12.3 Å². The number of nitrogens with one attached hydrogen (secondary N) is 3. The van der Waals surface area contributed by atoms with Crippen molar-refractivity contribution >= 4 is 39.8 Å². The number of benzene rings is 3. The van der Waals surface area contributed by atoms with Crippen molar-refractivity contribution in [2.75, 3.05) is 20.8 Å². The Morgan fingerprint density at radius 3 is 2.34 bits per heavy atom. The molecule has 0 saturated carbocycles. The number of rotatable bonds is 8. The molecule has 0 saturated heterocycles. The molecule has 35 heavy (non-hydrogen) atoms. The number of aromatic amines is 1. The van der Waals surface area contributed by atoms with E-state index in [2.05, 4.69) is 21.7 Å². The van der Waals surface area contributed by atoms with Gasteiger partial charge >= 0.3 is 0 Å². The molecule has 1 atom stereocenters. The summed E-state index contributed by atoms with van der Waals surface area (Å²) in [6, 6.07) is 24.8. The molecule has 0 aliphatic carbocycles. The predicted octanol–water partition coefficient (Wildman–Crippen LogP) is 5.02. The van der Waals surface area contributed by atoms with Crippen molar-refractivity contribution in [1.29, 1.82) is 0 Å². The third-order valence-electron chi connectivity index (χ3n) is 5.72. The van der Waals surface area contributed by atoms with E-state index >= 15 is 0 Å². The highest BCUT2D eigenvalue weighted by atomic mass is 35.5. The summed E-state index contributed by atoms with van der Waals surface area (Å²) in [5, 5.41) is 8.59. The molecule has 0 amide bonds. The van der Waals surface area contributed by atoms with Crippen LogP contribution in [0.2, 0.25) is 5.02 Å². The molecule has 6 nitrogen and oxygen atoms in total. The van der Waals surface area contributed by atoms with Gasteiger partial charge in [0.2, 0.25) is 5.56 Å². The van der Waals surface area contributed by atoms with Gasteiger partial charge in [0.25, 0.3) is 0 Å². The van der Waals surface area contributed by atoms with Crippen molar-refractivity contribution in [1.82, 2.24) is 15.6 Å². The van der Waals surface area contributed by atoms with Gasteiger partial charge in [-0.05, 0) is 58.7 Å². The summed E-state index contributed by atoms with van der Waals surface area (Å²) < 4.78 is 10.5. The Morgan fingerprint density at radius 2 is 1.66 bits per heavy atom. The zero-order chi connectivity index (χ0) is 24.8. The average Bonchev–Trinajstić information content (AvgIpc) is 2.88. The van der Waals surface area contributed by atoms with E-state index in [1.54, 1.807) is 20.3 Å². The molecule has 4 rings (SSSR count). The fourth-order valence-corrected chi connectivity index (χ4v) is 4.27.